The number of nitro groups is 1. The van der Waals surface area contributed by atoms with Gasteiger partial charge < -0.3 is 5.11 Å². The molecule has 0 aliphatic carbocycles. The van der Waals surface area contributed by atoms with E-state index in [9.17, 15) is 15.2 Å². The third-order valence-electron chi connectivity index (χ3n) is 3.75. The fraction of sp³-hybridized carbons (Fsp3) is 0.0526. The summed E-state index contributed by atoms with van der Waals surface area (Å²) in [5.74, 6) is 0.275. The number of nitro benzene ring substituents is 1. The minimum absolute atomic E-state index is 0.0776. The lowest BCUT2D eigenvalue weighted by atomic mass is 10.0. The average Bonchev–Trinajstić information content (AvgIpc) is 2.57. The second kappa shape index (κ2) is 6.32. The fourth-order valence-electron chi connectivity index (χ4n) is 2.56. The second-order valence-electron chi connectivity index (χ2n) is 5.24. The van der Waals surface area contributed by atoms with Crippen molar-refractivity contribution in [3.63, 3.8) is 0 Å². The normalized spacial score (nSPS) is 11.1. The van der Waals surface area contributed by atoms with Crippen LogP contribution in [0.3, 0.4) is 0 Å². The van der Waals surface area contributed by atoms with Gasteiger partial charge in [0.2, 0.25) is 0 Å². The molecule has 0 heterocycles. The van der Waals surface area contributed by atoms with Gasteiger partial charge in [-0.05, 0) is 41.0 Å². The van der Waals surface area contributed by atoms with Gasteiger partial charge in [0.1, 0.15) is 5.75 Å². The van der Waals surface area contributed by atoms with Crippen LogP contribution in [0.15, 0.2) is 66.7 Å². The molecule has 0 amide bonds. The van der Waals surface area contributed by atoms with E-state index in [0.29, 0.717) is 6.42 Å². The van der Waals surface area contributed by atoms with Gasteiger partial charge in [0.05, 0.1) is 4.92 Å². The molecule has 0 radical (unpaired) electrons. The van der Waals surface area contributed by atoms with Crippen LogP contribution in [-0.2, 0) is 6.42 Å². The van der Waals surface area contributed by atoms with E-state index in [2.05, 4.69) is 0 Å². The van der Waals surface area contributed by atoms with Gasteiger partial charge in [0.25, 0.3) is 5.69 Å². The zero-order chi connectivity index (χ0) is 16.2. The number of fused-ring (bicyclic) bond motifs is 1. The van der Waals surface area contributed by atoms with Gasteiger partial charge in [-0.15, -0.1) is 0 Å². The van der Waals surface area contributed by atoms with E-state index in [-0.39, 0.29) is 11.4 Å². The van der Waals surface area contributed by atoms with Gasteiger partial charge in [-0.1, -0.05) is 42.5 Å². The van der Waals surface area contributed by atoms with Gasteiger partial charge in [-0.25, -0.2) is 0 Å². The Kier molecular flexibility index (Phi) is 4.06. The van der Waals surface area contributed by atoms with E-state index in [1.165, 1.54) is 12.1 Å². The third-order valence-corrected chi connectivity index (χ3v) is 3.75. The highest BCUT2D eigenvalue weighted by Gasteiger charge is 2.05. The quantitative estimate of drug-likeness (QED) is 0.561. The molecule has 0 atom stereocenters. The monoisotopic (exact) mass is 305 g/mol. The lowest BCUT2D eigenvalue weighted by Crippen LogP contribution is -1.87. The maximum Gasteiger partial charge on any atom is 0.269 e. The first-order valence-electron chi connectivity index (χ1n) is 7.26. The molecule has 0 bridgehead atoms. The summed E-state index contributed by atoms with van der Waals surface area (Å²) in [6.07, 6.45) is 4.43. The lowest BCUT2D eigenvalue weighted by molar-refractivity contribution is -0.384. The fourth-order valence-corrected chi connectivity index (χ4v) is 2.56. The van der Waals surface area contributed by atoms with Crippen molar-refractivity contribution in [1.82, 2.24) is 0 Å². The predicted molar refractivity (Wildman–Crippen MR) is 91.4 cm³/mol. The molecule has 0 aliphatic heterocycles. The molecule has 0 fully saturated rings. The molecule has 0 saturated carbocycles. The van der Waals surface area contributed by atoms with Crippen molar-refractivity contribution in [3.8, 4) is 5.75 Å². The minimum Gasteiger partial charge on any atom is -0.508 e. The number of nitrogens with zero attached hydrogens (tertiary/aromatic N) is 1. The molecule has 0 aromatic heterocycles. The number of phenolic OH excluding ortho intramolecular Hbond substituents is 1. The molecule has 0 spiro atoms. The SMILES string of the molecule is O=[N+]([O-])c1ccc(/C=C/Cc2c(O)ccc3ccccc23)cc1. The highest BCUT2D eigenvalue weighted by molar-refractivity contribution is 5.87. The number of allylic oxidation sites excluding steroid dienone is 1. The van der Waals surface area contributed by atoms with Crippen LogP contribution in [-0.4, -0.2) is 10.0 Å². The summed E-state index contributed by atoms with van der Waals surface area (Å²) in [5.41, 5.74) is 1.84. The van der Waals surface area contributed by atoms with Crippen LogP contribution < -0.4 is 0 Å². The number of phenols is 1. The van der Waals surface area contributed by atoms with Gasteiger partial charge >= 0.3 is 0 Å². The lowest BCUT2D eigenvalue weighted by Gasteiger charge is -2.06. The Morgan fingerprint density at radius 1 is 1.00 bits per heavy atom. The summed E-state index contributed by atoms with van der Waals surface area (Å²) >= 11 is 0. The van der Waals surface area contributed by atoms with Gasteiger partial charge in [-0.2, -0.15) is 0 Å². The molecule has 4 heteroatoms. The number of non-ortho nitro benzene ring substituents is 1. The van der Waals surface area contributed by atoms with Crippen molar-refractivity contribution in [2.45, 2.75) is 6.42 Å². The average molecular weight is 305 g/mol. The second-order valence-corrected chi connectivity index (χ2v) is 5.24. The Morgan fingerprint density at radius 2 is 1.74 bits per heavy atom. The third kappa shape index (κ3) is 3.21. The molecule has 3 aromatic rings. The Morgan fingerprint density at radius 3 is 2.48 bits per heavy atom. The van der Waals surface area contributed by atoms with Crippen LogP contribution in [0, 0.1) is 10.1 Å². The Bertz CT molecular complexity index is 883. The van der Waals surface area contributed by atoms with E-state index in [1.54, 1.807) is 18.2 Å². The Hall–Kier alpha value is -3.14. The first-order valence-corrected chi connectivity index (χ1v) is 7.26. The summed E-state index contributed by atoms with van der Waals surface area (Å²) in [5, 5.41) is 22.8. The highest BCUT2D eigenvalue weighted by Crippen LogP contribution is 2.28. The first-order chi connectivity index (χ1) is 11.1. The smallest absolute Gasteiger partial charge is 0.269 e. The molecule has 3 aromatic carbocycles. The van der Waals surface area contributed by atoms with Crippen molar-refractivity contribution in [2.24, 2.45) is 0 Å². The van der Waals surface area contributed by atoms with Crippen LogP contribution in [0.2, 0.25) is 0 Å². The van der Waals surface area contributed by atoms with Crippen molar-refractivity contribution in [3.05, 3.63) is 88.0 Å². The van der Waals surface area contributed by atoms with Gasteiger partial charge in [-0.3, -0.25) is 10.1 Å². The van der Waals surface area contributed by atoms with Gasteiger partial charge in [0.15, 0.2) is 0 Å². The molecule has 1 N–H and O–H groups in total. The number of benzene rings is 3. The molecule has 4 nitrogen and oxygen atoms in total. The molecule has 3 rings (SSSR count). The van der Waals surface area contributed by atoms with Crippen LogP contribution in [0.25, 0.3) is 16.8 Å². The van der Waals surface area contributed by atoms with E-state index in [4.69, 9.17) is 0 Å². The molecule has 0 aliphatic rings. The number of hydrogen-bond acceptors (Lipinski definition) is 3. The van der Waals surface area contributed by atoms with E-state index >= 15 is 0 Å². The summed E-state index contributed by atoms with van der Waals surface area (Å²) in [7, 11) is 0. The molecule has 0 unspecified atom stereocenters. The molecule has 23 heavy (non-hydrogen) atoms. The number of rotatable bonds is 4. The zero-order valence-electron chi connectivity index (χ0n) is 12.3. The zero-order valence-corrected chi connectivity index (χ0v) is 12.3. The molecular weight excluding hydrogens is 290 g/mol. The van der Waals surface area contributed by atoms with Crippen molar-refractivity contribution >= 4 is 22.5 Å². The predicted octanol–water partition coefficient (Wildman–Crippen LogP) is 4.71. The van der Waals surface area contributed by atoms with Crippen LogP contribution >= 0.6 is 0 Å². The Labute approximate surface area is 133 Å². The Balaban J connectivity index is 1.83. The highest BCUT2D eigenvalue weighted by atomic mass is 16.6. The topological polar surface area (TPSA) is 63.4 Å². The van der Waals surface area contributed by atoms with Crippen molar-refractivity contribution in [2.75, 3.05) is 0 Å². The summed E-state index contributed by atoms with van der Waals surface area (Å²) in [6, 6.07) is 17.9. The largest absolute Gasteiger partial charge is 0.508 e. The summed E-state index contributed by atoms with van der Waals surface area (Å²) in [6.45, 7) is 0. The van der Waals surface area contributed by atoms with Crippen LogP contribution in [0.5, 0.6) is 5.75 Å². The van der Waals surface area contributed by atoms with E-state index < -0.39 is 4.92 Å². The number of hydrogen-bond donors (Lipinski definition) is 1. The minimum atomic E-state index is -0.415. The molecule has 0 saturated heterocycles. The summed E-state index contributed by atoms with van der Waals surface area (Å²) in [4.78, 5) is 10.2. The maximum absolute atomic E-state index is 10.6. The van der Waals surface area contributed by atoms with Crippen LogP contribution in [0.4, 0.5) is 5.69 Å². The molecule has 114 valence electrons. The summed E-state index contributed by atoms with van der Waals surface area (Å²) < 4.78 is 0. The first kappa shape index (κ1) is 14.8. The number of aromatic hydroxyl groups is 1. The van der Waals surface area contributed by atoms with Crippen molar-refractivity contribution < 1.29 is 10.0 Å². The van der Waals surface area contributed by atoms with Gasteiger partial charge in [0, 0.05) is 17.7 Å². The molecular formula is C19H15NO3. The standard InChI is InChI=1S/C19H15NO3/c21-19-13-10-15-5-1-2-6-17(15)18(19)7-3-4-14-8-11-16(12-9-14)20(22)23/h1-6,8-13,21H,7H2/b4-3+. The van der Waals surface area contributed by atoms with Crippen molar-refractivity contribution in [1.29, 1.82) is 0 Å². The van der Waals surface area contributed by atoms with Crippen LogP contribution in [0.1, 0.15) is 11.1 Å². The van der Waals surface area contributed by atoms with E-state index in [0.717, 1.165) is 21.9 Å². The maximum atomic E-state index is 10.6. The van der Waals surface area contributed by atoms with E-state index in [1.807, 2.05) is 42.5 Å².